The molecule has 0 saturated carbocycles. The first kappa shape index (κ1) is 19.6. The standard InChI is InChI=1S/C32H25N/c33-29-21-11-20-28-31(29)30-24(22-23-12-4-1-5-13-23)14-10-19-27(30)32(28,25-15-6-2-7-16-25)26-17-8-3-9-18-26/h1-21H,22,33H2. The van der Waals surface area contributed by atoms with Gasteiger partial charge in [0, 0.05) is 11.3 Å². The van der Waals surface area contributed by atoms with Crippen LogP contribution in [0.25, 0.3) is 11.1 Å². The number of nitrogen functional groups attached to an aromatic ring is 1. The first-order chi connectivity index (χ1) is 16.3. The van der Waals surface area contributed by atoms with Crippen LogP contribution >= 0.6 is 0 Å². The molecule has 158 valence electrons. The van der Waals surface area contributed by atoms with Crippen molar-refractivity contribution < 1.29 is 0 Å². The molecule has 2 N–H and O–H groups in total. The average molecular weight is 424 g/mol. The van der Waals surface area contributed by atoms with Crippen molar-refractivity contribution in [1.82, 2.24) is 0 Å². The van der Waals surface area contributed by atoms with Gasteiger partial charge in [-0.15, -0.1) is 0 Å². The predicted octanol–water partition coefficient (Wildman–Crippen LogP) is 7.22. The first-order valence-corrected chi connectivity index (χ1v) is 11.5. The lowest BCUT2D eigenvalue weighted by atomic mass is 9.67. The van der Waals surface area contributed by atoms with E-state index in [2.05, 4.69) is 121 Å². The van der Waals surface area contributed by atoms with Crippen LogP contribution in [0.4, 0.5) is 5.69 Å². The number of fused-ring (bicyclic) bond motifs is 3. The second kappa shape index (κ2) is 7.79. The van der Waals surface area contributed by atoms with Crippen LogP contribution in [-0.4, -0.2) is 0 Å². The summed E-state index contributed by atoms with van der Waals surface area (Å²) in [6.45, 7) is 0. The van der Waals surface area contributed by atoms with Crippen LogP contribution < -0.4 is 5.73 Å². The summed E-state index contributed by atoms with van der Waals surface area (Å²) >= 11 is 0. The van der Waals surface area contributed by atoms with Crippen molar-refractivity contribution in [2.24, 2.45) is 0 Å². The molecule has 0 radical (unpaired) electrons. The lowest BCUT2D eigenvalue weighted by Gasteiger charge is -2.34. The molecule has 0 aliphatic heterocycles. The fraction of sp³-hybridized carbons (Fsp3) is 0.0625. The highest BCUT2D eigenvalue weighted by atomic mass is 14.6. The topological polar surface area (TPSA) is 26.0 Å². The summed E-state index contributed by atoms with van der Waals surface area (Å²) in [5, 5.41) is 0. The highest BCUT2D eigenvalue weighted by Crippen LogP contribution is 2.58. The molecule has 5 aromatic rings. The van der Waals surface area contributed by atoms with Crippen LogP contribution in [0.5, 0.6) is 0 Å². The molecule has 6 rings (SSSR count). The molecule has 0 spiro atoms. The van der Waals surface area contributed by atoms with Crippen molar-refractivity contribution >= 4 is 5.69 Å². The van der Waals surface area contributed by atoms with Crippen molar-refractivity contribution in [2.45, 2.75) is 11.8 Å². The zero-order chi connectivity index (χ0) is 22.3. The van der Waals surface area contributed by atoms with Gasteiger partial charge in [0.25, 0.3) is 0 Å². The molecule has 0 heterocycles. The molecule has 0 fully saturated rings. The van der Waals surface area contributed by atoms with E-state index in [9.17, 15) is 0 Å². The number of anilines is 1. The van der Waals surface area contributed by atoms with Gasteiger partial charge in [0.05, 0.1) is 5.41 Å². The largest absolute Gasteiger partial charge is 0.398 e. The van der Waals surface area contributed by atoms with Crippen LogP contribution in [-0.2, 0) is 11.8 Å². The summed E-state index contributed by atoms with van der Waals surface area (Å²) in [5.74, 6) is 0. The van der Waals surface area contributed by atoms with Gasteiger partial charge in [0.2, 0.25) is 0 Å². The summed E-state index contributed by atoms with van der Waals surface area (Å²) in [6.07, 6.45) is 0.872. The Kier molecular flexibility index (Phi) is 4.62. The van der Waals surface area contributed by atoms with Crippen LogP contribution in [0.15, 0.2) is 127 Å². The smallest absolute Gasteiger partial charge is 0.0714 e. The number of rotatable bonds is 4. The van der Waals surface area contributed by atoms with E-state index in [1.165, 1.54) is 44.5 Å². The van der Waals surface area contributed by atoms with Gasteiger partial charge in [0.1, 0.15) is 0 Å². The van der Waals surface area contributed by atoms with Crippen LogP contribution in [0.2, 0.25) is 0 Å². The molecular weight excluding hydrogens is 398 g/mol. The second-order valence-corrected chi connectivity index (χ2v) is 8.75. The Bertz CT molecular complexity index is 1380. The monoisotopic (exact) mass is 423 g/mol. The Morgan fingerprint density at radius 1 is 0.485 bits per heavy atom. The fourth-order valence-corrected chi connectivity index (χ4v) is 5.64. The van der Waals surface area contributed by atoms with E-state index in [0.29, 0.717) is 0 Å². The van der Waals surface area contributed by atoms with E-state index in [4.69, 9.17) is 5.73 Å². The van der Waals surface area contributed by atoms with Gasteiger partial charge in [-0.2, -0.15) is 0 Å². The first-order valence-electron chi connectivity index (χ1n) is 11.5. The Balaban J connectivity index is 1.73. The normalized spacial score (nSPS) is 13.3. The third-order valence-electron chi connectivity index (χ3n) is 6.96. The van der Waals surface area contributed by atoms with Gasteiger partial charge in [-0.3, -0.25) is 0 Å². The lowest BCUT2D eigenvalue weighted by Crippen LogP contribution is -2.28. The maximum Gasteiger partial charge on any atom is 0.0714 e. The minimum Gasteiger partial charge on any atom is -0.398 e. The van der Waals surface area contributed by atoms with E-state index in [1.54, 1.807) is 0 Å². The summed E-state index contributed by atoms with van der Waals surface area (Å²) in [4.78, 5) is 0. The van der Waals surface area contributed by atoms with Crippen molar-refractivity contribution in [2.75, 3.05) is 5.73 Å². The van der Waals surface area contributed by atoms with Crippen molar-refractivity contribution in [3.8, 4) is 11.1 Å². The molecule has 0 saturated heterocycles. The maximum atomic E-state index is 6.73. The molecule has 1 heteroatoms. The van der Waals surface area contributed by atoms with Crippen LogP contribution in [0.1, 0.15) is 33.4 Å². The van der Waals surface area contributed by atoms with E-state index >= 15 is 0 Å². The van der Waals surface area contributed by atoms with Crippen molar-refractivity contribution in [3.05, 3.63) is 161 Å². The third kappa shape index (κ3) is 2.93. The number of hydrogen-bond donors (Lipinski definition) is 1. The van der Waals surface area contributed by atoms with E-state index in [0.717, 1.165) is 12.1 Å². The van der Waals surface area contributed by atoms with Gasteiger partial charge in [-0.05, 0) is 51.4 Å². The average Bonchev–Trinajstić information content (AvgIpc) is 3.19. The molecule has 0 atom stereocenters. The zero-order valence-electron chi connectivity index (χ0n) is 18.4. The Labute approximate surface area is 195 Å². The van der Waals surface area contributed by atoms with Crippen LogP contribution in [0, 0.1) is 0 Å². The number of nitrogens with two attached hydrogens (primary N) is 1. The molecule has 1 aliphatic carbocycles. The molecular formula is C32H25N. The molecule has 0 aromatic heterocycles. The van der Waals surface area contributed by atoms with Gasteiger partial charge < -0.3 is 5.73 Å². The van der Waals surface area contributed by atoms with Crippen molar-refractivity contribution in [3.63, 3.8) is 0 Å². The molecule has 0 amide bonds. The molecule has 33 heavy (non-hydrogen) atoms. The molecule has 5 aromatic carbocycles. The Morgan fingerprint density at radius 2 is 1.00 bits per heavy atom. The van der Waals surface area contributed by atoms with E-state index < -0.39 is 5.41 Å². The minimum absolute atomic E-state index is 0.407. The van der Waals surface area contributed by atoms with Crippen LogP contribution in [0.3, 0.4) is 0 Å². The van der Waals surface area contributed by atoms with Gasteiger partial charge in [0.15, 0.2) is 0 Å². The highest BCUT2D eigenvalue weighted by Gasteiger charge is 2.47. The van der Waals surface area contributed by atoms with E-state index in [-0.39, 0.29) is 0 Å². The Morgan fingerprint density at radius 3 is 1.61 bits per heavy atom. The maximum absolute atomic E-state index is 6.73. The second-order valence-electron chi connectivity index (χ2n) is 8.75. The number of hydrogen-bond acceptors (Lipinski definition) is 1. The third-order valence-corrected chi connectivity index (χ3v) is 6.96. The molecule has 0 bridgehead atoms. The molecule has 1 nitrogen and oxygen atoms in total. The summed E-state index contributed by atoms with van der Waals surface area (Å²) < 4.78 is 0. The highest BCUT2D eigenvalue weighted by molar-refractivity contribution is 5.94. The molecule has 1 aliphatic rings. The predicted molar refractivity (Wildman–Crippen MR) is 137 cm³/mol. The summed E-state index contributed by atoms with van der Waals surface area (Å²) in [7, 11) is 0. The number of benzene rings is 5. The summed E-state index contributed by atoms with van der Waals surface area (Å²) in [6, 6.07) is 45.6. The van der Waals surface area contributed by atoms with Gasteiger partial charge >= 0.3 is 0 Å². The molecule has 0 unspecified atom stereocenters. The van der Waals surface area contributed by atoms with Gasteiger partial charge in [-0.25, -0.2) is 0 Å². The fourth-order valence-electron chi connectivity index (χ4n) is 5.64. The van der Waals surface area contributed by atoms with Gasteiger partial charge in [-0.1, -0.05) is 121 Å². The minimum atomic E-state index is -0.407. The zero-order valence-corrected chi connectivity index (χ0v) is 18.4. The quantitative estimate of drug-likeness (QED) is 0.298. The van der Waals surface area contributed by atoms with E-state index in [1.807, 2.05) is 6.07 Å². The van der Waals surface area contributed by atoms with Crippen molar-refractivity contribution in [1.29, 1.82) is 0 Å². The summed E-state index contributed by atoms with van der Waals surface area (Å²) in [5.41, 5.74) is 17.3. The SMILES string of the molecule is Nc1cccc2c1-c1c(Cc3ccccc3)cccc1C2(c1ccccc1)c1ccccc1. The Hall–Kier alpha value is -4.10. The lowest BCUT2D eigenvalue weighted by molar-refractivity contribution is 0.768.